The zero-order valence-corrected chi connectivity index (χ0v) is 16.7. The van der Waals surface area contributed by atoms with Gasteiger partial charge >= 0.3 is 0 Å². The summed E-state index contributed by atoms with van der Waals surface area (Å²) in [4.78, 5) is 29.9. The summed E-state index contributed by atoms with van der Waals surface area (Å²) >= 11 is 0. The van der Waals surface area contributed by atoms with Gasteiger partial charge in [0.25, 0.3) is 11.8 Å². The molecule has 1 heterocycles. The lowest BCUT2D eigenvalue weighted by molar-refractivity contribution is 0.0657. The Morgan fingerprint density at radius 3 is 2.12 bits per heavy atom. The molecule has 0 aliphatic carbocycles. The molecule has 0 atom stereocenters. The normalized spacial score (nSPS) is 13.8. The van der Waals surface area contributed by atoms with E-state index in [0.29, 0.717) is 36.1 Å². The first-order valence-electron chi connectivity index (χ1n) is 7.94. The van der Waals surface area contributed by atoms with Gasteiger partial charge in [-0.1, -0.05) is 26.0 Å². The van der Waals surface area contributed by atoms with E-state index in [4.69, 9.17) is 0 Å². The van der Waals surface area contributed by atoms with E-state index in [9.17, 15) is 9.59 Å². The number of hydrogen-bond acceptors (Lipinski definition) is 3. The number of fused-ring (bicyclic) bond motifs is 1. The molecular formula is C17H25IN4O2. The molecule has 24 heavy (non-hydrogen) atoms. The number of amides is 2. The third-order valence-electron chi connectivity index (χ3n) is 3.74. The van der Waals surface area contributed by atoms with Crippen molar-refractivity contribution in [3.8, 4) is 0 Å². The van der Waals surface area contributed by atoms with Crippen molar-refractivity contribution in [1.82, 2.24) is 15.5 Å². The van der Waals surface area contributed by atoms with Crippen LogP contribution in [0, 0.1) is 5.92 Å². The topological polar surface area (TPSA) is 73.8 Å². The Morgan fingerprint density at radius 1 is 1.08 bits per heavy atom. The first-order valence-corrected chi connectivity index (χ1v) is 7.94. The van der Waals surface area contributed by atoms with Gasteiger partial charge in [-0.25, -0.2) is 0 Å². The van der Waals surface area contributed by atoms with Crippen LogP contribution in [0.1, 0.15) is 41.0 Å². The highest BCUT2D eigenvalue weighted by molar-refractivity contribution is 14.0. The minimum Gasteiger partial charge on any atom is -0.356 e. The van der Waals surface area contributed by atoms with Crippen molar-refractivity contribution in [3.05, 3.63) is 35.4 Å². The summed E-state index contributed by atoms with van der Waals surface area (Å²) < 4.78 is 0. The Kier molecular flexibility index (Phi) is 8.17. The number of halogens is 1. The molecule has 0 unspecified atom stereocenters. The summed E-state index contributed by atoms with van der Waals surface area (Å²) in [6, 6.07) is 6.92. The van der Waals surface area contributed by atoms with Crippen molar-refractivity contribution in [3.63, 3.8) is 0 Å². The van der Waals surface area contributed by atoms with Crippen molar-refractivity contribution < 1.29 is 9.59 Å². The van der Waals surface area contributed by atoms with Crippen molar-refractivity contribution in [2.45, 2.75) is 20.3 Å². The van der Waals surface area contributed by atoms with E-state index in [0.717, 1.165) is 13.0 Å². The fraction of sp³-hybridized carbons (Fsp3) is 0.471. The van der Waals surface area contributed by atoms with Crippen LogP contribution in [0.25, 0.3) is 0 Å². The summed E-state index contributed by atoms with van der Waals surface area (Å²) in [5, 5.41) is 6.35. The van der Waals surface area contributed by atoms with Crippen LogP contribution >= 0.6 is 24.0 Å². The molecule has 2 rings (SSSR count). The summed E-state index contributed by atoms with van der Waals surface area (Å²) in [5.74, 6) is 0.853. The highest BCUT2D eigenvalue weighted by atomic mass is 127. The average molecular weight is 444 g/mol. The third-order valence-corrected chi connectivity index (χ3v) is 3.74. The number of imide groups is 1. The standard InChI is InChI=1S/C17H24N4O2.HI/c1-12(2)8-9-19-17(18-3)20-10-11-21-15(22)13-6-4-5-7-14(13)16(21)23;/h4-7,12H,8-11H2,1-3H3,(H2,18,19,20);1H. The van der Waals surface area contributed by atoms with Crippen LogP contribution in [0.3, 0.4) is 0 Å². The van der Waals surface area contributed by atoms with Gasteiger partial charge in [0.05, 0.1) is 11.1 Å². The van der Waals surface area contributed by atoms with E-state index < -0.39 is 0 Å². The predicted octanol–water partition coefficient (Wildman–Crippen LogP) is 2.11. The van der Waals surface area contributed by atoms with Crippen molar-refractivity contribution >= 4 is 41.8 Å². The number of guanidine groups is 1. The second-order valence-corrected chi connectivity index (χ2v) is 5.92. The molecule has 2 amide bonds. The molecule has 1 aliphatic heterocycles. The van der Waals surface area contributed by atoms with Crippen LogP contribution in [0.15, 0.2) is 29.3 Å². The lowest BCUT2D eigenvalue weighted by Gasteiger charge is -2.16. The van der Waals surface area contributed by atoms with E-state index in [-0.39, 0.29) is 35.8 Å². The fourth-order valence-corrected chi connectivity index (χ4v) is 2.43. The molecule has 1 aromatic rings. The molecule has 0 aromatic heterocycles. The smallest absolute Gasteiger partial charge is 0.261 e. The van der Waals surface area contributed by atoms with Gasteiger partial charge in [-0.05, 0) is 24.5 Å². The first kappa shape index (κ1) is 20.4. The minimum absolute atomic E-state index is 0. The van der Waals surface area contributed by atoms with Crippen LogP contribution in [0.4, 0.5) is 0 Å². The molecule has 1 aliphatic rings. The SMILES string of the molecule is CN=C(NCCC(C)C)NCCN1C(=O)c2ccccc2C1=O.I. The van der Waals surface area contributed by atoms with Crippen molar-refractivity contribution in [2.24, 2.45) is 10.9 Å². The van der Waals surface area contributed by atoms with Gasteiger partial charge < -0.3 is 10.6 Å². The van der Waals surface area contributed by atoms with Crippen molar-refractivity contribution in [1.29, 1.82) is 0 Å². The lowest BCUT2D eigenvalue weighted by Crippen LogP contribution is -2.43. The molecule has 0 bridgehead atoms. The third kappa shape index (κ3) is 4.93. The minimum atomic E-state index is -0.227. The Hall–Kier alpha value is -1.64. The Labute approximate surface area is 160 Å². The van der Waals surface area contributed by atoms with E-state index in [1.807, 2.05) is 0 Å². The Bertz CT molecular complexity index is 581. The van der Waals surface area contributed by atoms with Gasteiger partial charge in [0.1, 0.15) is 0 Å². The van der Waals surface area contributed by atoms with Crippen LogP contribution in [-0.4, -0.2) is 49.4 Å². The summed E-state index contributed by atoms with van der Waals surface area (Å²) in [6.45, 7) is 5.95. The number of carbonyl (C=O) groups is 2. The molecule has 132 valence electrons. The average Bonchev–Trinajstić information content (AvgIpc) is 2.78. The Morgan fingerprint density at radius 2 is 1.62 bits per heavy atom. The van der Waals surface area contributed by atoms with Crippen LogP contribution in [0.2, 0.25) is 0 Å². The van der Waals surface area contributed by atoms with E-state index in [1.165, 1.54) is 4.90 Å². The predicted molar refractivity (Wildman–Crippen MR) is 106 cm³/mol. The molecule has 7 heteroatoms. The van der Waals surface area contributed by atoms with Crippen LogP contribution < -0.4 is 10.6 Å². The highest BCUT2D eigenvalue weighted by Gasteiger charge is 2.34. The second kappa shape index (κ2) is 9.61. The van der Waals surface area contributed by atoms with Gasteiger partial charge in [-0.2, -0.15) is 0 Å². The zero-order chi connectivity index (χ0) is 16.8. The molecule has 0 saturated heterocycles. The van der Waals surface area contributed by atoms with Gasteiger partial charge in [0.2, 0.25) is 0 Å². The maximum Gasteiger partial charge on any atom is 0.261 e. The van der Waals surface area contributed by atoms with Gasteiger partial charge in [-0.3, -0.25) is 19.5 Å². The Balaban J connectivity index is 0.00000288. The molecule has 0 radical (unpaired) electrons. The van der Waals surface area contributed by atoms with Crippen LogP contribution in [-0.2, 0) is 0 Å². The van der Waals surface area contributed by atoms with E-state index >= 15 is 0 Å². The number of nitrogens with zero attached hydrogens (tertiary/aromatic N) is 2. The molecule has 1 aromatic carbocycles. The monoisotopic (exact) mass is 444 g/mol. The van der Waals surface area contributed by atoms with Gasteiger partial charge in [0, 0.05) is 26.7 Å². The molecule has 0 spiro atoms. The highest BCUT2D eigenvalue weighted by Crippen LogP contribution is 2.21. The molecule has 0 fully saturated rings. The second-order valence-electron chi connectivity index (χ2n) is 5.92. The maximum atomic E-state index is 12.2. The number of rotatable bonds is 6. The number of nitrogens with one attached hydrogen (secondary N) is 2. The zero-order valence-electron chi connectivity index (χ0n) is 14.3. The number of aliphatic imine (C=N–C) groups is 1. The largest absolute Gasteiger partial charge is 0.356 e. The molecular weight excluding hydrogens is 419 g/mol. The summed E-state index contributed by atoms with van der Waals surface area (Å²) in [6.07, 6.45) is 1.05. The lowest BCUT2D eigenvalue weighted by atomic mass is 10.1. The number of hydrogen-bond donors (Lipinski definition) is 2. The van der Waals surface area contributed by atoms with Crippen LogP contribution in [0.5, 0.6) is 0 Å². The first-order chi connectivity index (χ1) is 11.0. The number of benzene rings is 1. The van der Waals surface area contributed by atoms with Gasteiger partial charge in [0.15, 0.2) is 5.96 Å². The van der Waals surface area contributed by atoms with E-state index in [2.05, 4.69) is 29.5 Å². The fourth-order valence-electron chi connectivity index (χ4n) is 2.43. The van der Waals surface area contributed by atoms with E-state index in [1.54, 1.807) is 31.3 Å². The summed E-state index contributed by atoms with van der Waals surface area (Å²) in [7, 11) is 1.70. The maximum absolute atomic E-state index is 12.2. The molecule has 6 nitrogen and oxygen atoms in total. The quantitative estimate of drug-likeness (QED) is 0.305. The molecule has 0 saturated carbocycles. The number of carbonyl (C=O) groups excluding carboxylic acids is 2. The summed E-state index contributed by atoms with van der Waals surface area (Å²) in [5.41, 5.74) is 0.967. The molecule has 2 N–H and O–H groups in total. The van der Waals surface area contributed by atoms with Gasteiger partial charge in [-0.15, -0.1) is 24.0 Å². The van der Waals surface area contributed by atoms with Crippen molar-refractivity contribution in [2.75, 3.05) is 26.7 Å².